The highest BCUT2D eigenvalue weighted by Crippen LogP contribution is 2.41. The molecule has 15 heavy (non-hydrogen) atoms. The van der Waals surface area contributed by atoms with Gasteiger partial charge in [0.05, 0.1) is 16.8 Å². The second kappa shape index (κ2) is 2.93. The Balaban J connectivity index is 2.27. The molecule has 2 aromatic rings. The first-order valence-corrected chi connectivity index (χ1v) is 5.40. The van der Waals surface area contributed by atoms with Crippen LogP contribution in [-0.2, 0) is 6.61 Å². The molecule has 2 N–H and O–H groups in total. The van der Waals surface area contributed by atoms with E-state index in [1.54, 1.807) is 6.20 Å². The summed E-state index contributed by atoms with van der Waals surface area (Å²) in [5.74, 6) is 0.816. The van der Waals surface area contributed by atoms with Crippen LogP contribution in [0.3, 0.4) is 0 Å². The summed E-state index contributed by atoms with van der Waals surface area (Å²) in [5.41, 5.74) is 8.64. The van der Waals surface area contributed by atoms with Gasteiger partial charge in [-0.15, -0.1) is 0 Å². The van der Waals surface area contributed by atoms with Gasteiger partial charge in [-0.1, -0.05) is 11.3 Å². The van der Waals surface area contributed by atoms with E-state index in [-0.39, 0.29) is 0 Å². The van der Waals surface area contributed by atoms with E-state index in [9.17, 15) is 0 Å². The SMILES string of the molecule is Cc1cc2c(cn1)OCc1nc(N)sc1-2. The van der Waals surface area contributed by atoms with E-state index < -0.39 is 0 Å². The van der Waals surface area contributed by atoms with E-state index in [2.05, 4.69) is 9.97 Å². The Bertz CT molecular complexity index is 535. The van der Waals surface area contributed by atoms with Crippen LogP contribution in [0.1, 0.15) is 11.4 Å². The minimum Gasteiger partial charge on any atom is -0.485 e. The Morgan fingerprint density at radius 3 is 3.27 bits per heavy atom. The number of fused-ring (bicyclic) bond motifs is 3. The smallest absolute Gasteiger partial charge is 0.180 e. The summed E-state index contributed by atoms with van der Waals surface area (Å²) >= 11 is 1.50. The molecule has 0 aliphatic carbocycles. The van der Waals surface area contributed by atoms with E-state index in [0.717, 1.165) is 27.6 Å². The largest absolute Gasteiger partial charge is 0.485 e. The molecule has 4 nitrogen and oxygen atoms in total. The van der Waals surface area contributed by atoms with Crippen molar-refractivity contribution in [2.24, 2.45) is 0 Å². The van der Waals surface area contributed by atoms with Crippen LogP contribution in [0.4, 0.5) is 5.13 Å². The number of nitrogen functional groups attached to an aromatic ring is 1. The second-order valence-electron chi connectivity index (χ2n) is 3.44. The Kier molecular flexibility index (Phi) is 1.70. The number of ether oxygens (including phenoxy) is 1. The van der Waals surface area contributed by atoms with Gasteiger partial charge in [0, 0.05) is 11.3 Å². The molecule has 3 rings (SSSR count). The molecule has 0 aromatic carbocycles. The summed E-state index contributed by atoms with van der Waals surface area (Å²) in [6.07, 6.45) is 1.75. The minimum absolute atomic E-state index is 0.487. The number of thiazole rings is 1. The summed E-state index contributed by atoms with van der Waals surface area (Å²) in [6.45, 7) is 2.44. The Hall–Kier alpha value is -1.62. The fourth-order valence-electron chi connectivity index (χ4n) is 1.66. The normalized spacial score (nSPS) is 12.9. The van der Waals surface area contributed by atoms with Crippen LogP contribution < -0.4 is 10.5 Å². The molecule has 2 aromatic heterocycles. The van der Waals surface area contributed by atoms with E-state index in [1.165, 1.54) is 11.3 Å². The van der Waals surface area contributed by atoms with E-state index in [0.29, 0.717) is 11.7 Å². The highest BCUT2D eigenvalue weighted by Gasteiger charge is 2.21. The fraction of sp³-hybridized carbons (Fsp3) is 0.200. The zero-order chi connectivity index (χ0) is 10.4. The third kappa shape index (κ3) is 1.27. The van der Waals surface area contributed by atoms with Crippen molar-refractivity contribution in [2.45, 2.75) is 13.5 Å². The maximum Gasteiger partial charge on any atom is 0.180 e. The molecule has 0 amide bonds. The molecule has 0 spiro atoms. The Morgan fingerprint density at radius 2 is 2.40 bits per heavy atom. The number of anilines is 1. The molecule has 76 valence electrons. The lowest BCUT2D eigenvalue weighted by atomic mass is 10.1. The fourth-order valence-corrected chi connectivity index (χ4v) is 2.52. The monoisotopic (exact) mass is 219 g/mol. The van der Waals surface area contributed by atoms with Crippen LogP contribution in [0.25, 0.3) is 10.4 Å². The first-order chi connectivity index (χ1) is 7.24. The van der Waals surface area contributed by atoms with Crippen LogP contribution in [0.5, 0.6) is 5.75 Å². The molecular weight excluding hydrogens is 210 g/mol. The molecule has 5 heteroatoms. The number of pyridine rings is 1. The highest BCUT2D eigenvalue weighted by molar-refractivity contribution is 7.19. The molecule has 0 saturated heterocycles. The van der Waals surface area contributed by atoms with Gasteiger partial charge in [-0.05, 0) is 13.0 Å². The molecule has 0 fully saturated rings. The molecule has 0 saturated carbocycles. The topological polar surface area (TPSA) is 61.0 Å². The third-order valence-electron chi connectivity index (χ3n) is 2.33. The number of aryl methyl sites for hydroxylation is 1. The maximum atomic E-state index is 5.69. The quantitative estimate of drug-likeness (QED) is 0.736. The Morgan fingerprint density at radius 1 is 1.53 bits per heavy atom. The number of nitrogens with zero attached hydrogens (tertiary/aromatic N) is 2. The summed E-state index contributed by atoms with van der Waals surface area (Å²) in [4.78, 5) is 9.54. The highest BCUT2D eigenvalue weighted by atomic mass is 32.1. The number of hydrogen-bond acceptors (Lipinski definition) is 5. The number of aromatic nitrogens is 2. The van der Waals surface area contributed by atoms with Crippen molar-refractivity contribution < 1.29 is 4.74 Å². The van der Waals surface area contributed by atoms with Gasteiger partial charge >= 0.3 is 0 Å². The van der Waals surface area contributed by atoms with Crippen molar-refractivity contribution in [1.29, 1.82) is 0 Å². The van der Waals surface area contributed by atoms with Gasteiger partial charge in [0.15, 0.2) is 5.13 Å². The number of rotatable bonds is 0. The standard InChI is InChI=1S/C10H9N3OS/c1-5-2-6-8(3-12-5)14-4-7-9(6)15-10(11)13-7/h2-3H,4H2,1H3,(H2,11,13). The predicted octanol–water partition coefficient (Wildman–Crippen LogP) is 1.99. The third-order valence-corrected chi connectivity index (χ3v) is 3.29. The van der Waals surface area contributed by atoms with Crippen molar-refractivity contribution in [1.82, 2.24) is 9.97 Å². The van der Waals surface area contributed by atoms with Gasteiger partial charge in [0.2, 0.25) is 0 Å². The summed E-state index contributed by atoms with van der Waals surface area (Å²) in [6, 6.07) is 2.00. The number of nitrogens with two attached hydrogens (primary N) is 1. The van der Waals surface area contributed by atoms with Crippen LogP contribution >= 0.6 is 11.3 Å². The molecule has 1 aliphatic rings. The maximum absolute atomic E-state index is 5.69. The summed E-state index contributed by atoms with van der Waals surface area (Å²) in [7, 11) is 0. The van der Waals surface area contributed by atoms with Crippen molar-refractivity contribution in [3.05, 3.63) is 23.7 Å². The number of hydrogen-bond donors (Lipinski definition) is 1. The molecule has 0 radical (unpaired) electrons. The lowest BCUT2D eigenvalue weighted by molar-refractivity contribution is 0.297. The van der Waals surface area contributed by atoms with Gasteiger partial charge < -0.3 is 10.5 Å². The molecule has 0 unspecified atom stereocenters. The van der Waals surface area contributed by atoms with Crippen molar-refractivity contribution >= 4 is 16.5 Å². The summed E-state index contributed by atoms with van der Waals surface area (Å²) < 4.78 is 5.54. The lowest BCUT2D eigenvalue weighted by Gasteiger charge is -2.15. The van der Waals surface area contributed by atoms with E-state index in [1.807, 2.05) is 13.0 Å². The van der Waals surface area contributed by atoms with E-state index >= 15 is 0 Å². The van der Waals surface area contributed by atoms with Gasteiger partial charge in [-0.25, -0.2) is 4.98 Å². The zero-order valence-electron chi connectivity index (χ0n) is 8.15. The molecular formula is C10H9N3OS. The van der Waals surface area contributed by atoms with Crippen molar-refractivity contribution in [2.75, 3.05) is 5.73 Å². The van der Waals surface area contributed by atoms with Crippen molar-refractivity contribution in [3.8, 4) is 16.2 Å². The Labute approximate surface area is 90.7 Å². The van der Waals surface area contributed by atoms with Gasteiger partial charge in [0.1, 0.15) is 12.4 Å². The van der Waals surface area contributed by atoms with Crippen LogP contribution in [0, 0.1) is 6.92 Å². The first kappa shape index (κ1) is 8.67. The zero-order valence-corrected chi connectivity index (χ0v) is 8.97. The van der Waals surface area contributed by atoms with E-state index in [4.69, 9.17) is 10.5 Å². The van der Waals surface area contributed by atoms with Gasteiger partial charge in [0.25, 0.3) is 0 Å². The van der Waals surface area contributed by atoms with Crippen molar-refractivity contribution in [3.63, 3.8) is 0 Å². The van der Waals surface area contributed by atoms with Crippen LogP contribution in [-0.4, -0.2) is 9.97 Å². The van der Waals surface area contributed by atoms with Gasteiger partial charge in [-0.3, -0.25) is 4.98 Å². The van der Waals surface area contributed by atoms with Crippen LogP contribution in [0.15, 0.2) is 12.3 Å². The molecule has 0 atom stereocenters. The molecule has 3 heterocycles. The lowest BCUT2D eigenvalue weighted by Crippen LogP contribution is -2.05. The first-order valence-electron chi connectivity index (χ1n) is 4.59. The molecule has 1 aliphatic heterocycles. The minimum atomic E-state index is 0.487. The van der Waals surface area contributed by atoms with Crippen LogP contribution in [0.2, 0.25) is 0 Å². The summed E-state index contributed by atoms with van der Waals surface area (Å²) in [5, 5.41) is 0.589. The molecule has 0 bridgehead atoms. The average molecular weight is 219 g/mol. The average Bonchev–Trinajstić information content (AvgIpc) is 2.58. The van der Waals surface area contributed by atoms with Gasteiger partial charge in [-0.2, -0.15) is 0 Å². The second-order valence-corrected chi connectivity index (χ2v) is 4.47. The predicted molar refractivity (Wildman–Crippen MR) is 58.8 cm³/mol.